The second kappa shape index (κ2) is 6.62. The van der Waals surface area contributed by atoms with Gasteiger partial charge in [0.2, 0.25) is 0 Å². The van der Waals surface area contributed by atoms with E-state index in [-0.39, 0.29) is 11.5 Å². The van der Waals surface area contributed by atoms with Gasteiger partial charge in [-0.2, -0.15) is 5.26 Å². The summed E-state index contributed by atoms with van der Waals surface area (Å²) >= 11 is 1.60. The van der Waals surface area contributed by atoms with E-state index >= 15 is 0 Å². The largest absolute Gasteiger partial charge is 0.340 e. The monoisotopic (exact) mass is 278 g/mol. The van der Waals surface area contributed by atoms with Crippen molar-refractivity contribution < 1.29 is 4.79 Å². The van der Waals surface area contributed by atoms with E-state index in [4.69, 9.17) is 5.26 Å². The maximum atomic E-state index is 12.2. The molecule has 6 heteroatoms. The van der Waals surface area contributed by atoms with Gasteiger partial charge in [0.05, 0.1) is 6.54 Å². The van der Waals surface area contributed by atoms with E-state index in [0.717, 1.165) is 43.4 Å². The van der Waals surface area contributed by atoms with E-state index in [1.807, 2.05) is 6.07 Å². The van der Waals surface area contributed by atoms with Crippen molar-refractivity contribution >= 4 is 22.8 Å². The molecule has 0 aliphatic carbocycles. The Labute approximate surface area is 117 Å². The van der Waals surface area contributed by atoms with Gasteiger partial charge in [0.25, 0.3) is 5.91 Å². The van der Waals surface area contributed by atoms with Crippen molar-refractivity contribution in [1.82, 2.24) is 10.2 Å². The molecule has 0 unspecified atom stereocenters. The van der Waals surface area contributed by atoms with Crippen molar-refractivity contribution in [3.05, 3.63) is 11.8 Å². The third-order valence-corrected chi connectivity index (χ3v) is 4.25. The molecule has 0 aromatic rings. The fourth-order valence-corrected chi connectivity index (χ4v) is 2.78. The van der Waals surface area contributed by atoms with Crippen LogP contribution in [0.1, 0.15) is 19.8 Å². The van der Waals surface area contributed by atoms with E-state index < -0.39 is 0 Å². The number of hydrogen-bond acceptors (Lipinski definition) is 5. The molecule has 2 aliphatic rings. The molecule has 2 heterocycles. The summed E-state index contributed by atoms with van der Waals surface area (Å²) in [6, 6.07) is 1.98. The van der Waals surface area contributed by atoms with Crippen LogP contribution in [0.4, 0.5) is 0 Å². The van der Waals surface area contributed by atoms with Crippen LogP contribution in [0.2, 0.25) is 0 Å². The maximum Gasteiger partial charge on any atom is 0.266 e. The number of carbonyl (C=O) groups is 1. The Kier molecular flexibility index (Phi) is 4.86. The van der Waals surface area contributed by atoms with Crippen LogP contribution in [0.3, 0.4) is 0 Å². The number of carbonyl (C=O) groups excluding carboxylic acids is 1. The molecule has 1 N–H and O–H groups in total. The Bertz CT molecular complexity index is 444. The minimum atomic E-state index is -0.175. The molecule has 2 rings (SSSR count). The van der Waals surface area contributed by atoms with E-state index in [0.29, 0.717) is 5.92 Å². The molecule has 0 bridgehead atoms. The van der Waals surface area contributed by atoms with Crippen molar-refractivity contribution in [2.45, 2.75) is 19.8 Å². The van der Waals surface area contributed by atoms with Crippen LogP contribution >= 0.6 is 11.8 Å². The van der Waals surface area contributed by atoms with E-state index in [2.05, 4.69) is 17.2 Å². The van der Waals surface area contributed by atoms with Crippen LogP contribution < -0.4 is 5.32 Å². The Morgan fingerprint density at radius 1 is 1.58 bits per heavy atom. The average molecular weight is 278 g/mol. The summed E-state index contributed by atoms with van der Waals surface area (Å²) in [6.45, 7) is 4.48. The molecule has 0 aromatic carbocycles. The van der Waals surface area contributed by atoms with E-state index in [1.165, 1.54) is 6.20 Å². The Balaban J connectivity index is 1.94. The predicted octanol–water partition coefficient (Wildman–Crippen LogP) is 1.34. The average Bonchev–Trinajstić information content (AvgIpc) is 2.93. The topological polar surface area (TPSA) is 68.5 Å². The number of amides is 1. The minimum Gasteiger partial charge on any atom is -0.340 e. The number of aliphatic imine (C=N–C) groups is 1. The molecule has 1 fully saturated rings. The predicted molar refractivity (Wildman–Crippen MR) is 76.6 cm³/mol. The lowest BCUT2D eigenvalue weighted by atomic mass is 9.99. The fraction of sp³-hybridized carbons (Fsp3) is 0.615. The maximum absolute atomic E-state index is 12.2. The summed E-state index contributed by atoms with van der Waals surface area (Å²) in [7, 11) is 0. The molecule has 0 radical (unpaired) electrons. The highest BCUT2D eigenvalue weighted by Crippen LogP contribution is 2.17. The van der Waals surface area contributed by atoms with Gasteiger partial charge in [-0.1, -0.05) is 18.7 Å². The summed E-state index contributed by atoms with van der Waals surface area (Å²) in [5.41, 5.74) is 0.157. The number of nitrogens with zero attached hydrogens (tertiary/aromatic N) is 3. The highest BCUT2D eigenvalue weighted by molar-refractivity contribution is 8.14. The first-order chi connectivity index (χ1) is 9.20. The zero-order valence-electron chi connectivity index (χ0n) is 11.1. The molecule has 102 valence electrons. The molecule has 2 aliphatic heterocycles. The molecule has 0 atom stereocenters. The smallest absolute Gasteiger partial charge is 0.266 e. The lowest BCUT2D eigenvalue weighted by Gasteiger charge is -2.30. The number of hydrogen-bond donors (Lipinski definition) is 1. The third kappa shape index (κ3) is 3.74. The van der Waals surface area contributed by atoms with Gasteiger partial charge in [0.15, 0.2) is 5.17 Å². The number of rotatable bonds is 2. The first-order valence-corrected chi connectivity index (χ1v) is 7.52. The second-order valence-corrected chi connectivity index (χ2v) is 5.91. The van der Waals surface area contributed by atoms with Gasteiger partial charge in [-0.05, 0) is 18.8 Å². The first kappa shape index (κ1) is 13.9. The fourth-order valence-electron chi connectivity index (χ4n) is 2.08. The summed E-state index contributed by atoms with van der Waals surface area (Å²) in [4.78, 5) is 18.2. The first-order valence-electron chi connectivity index (χ1n) is 6.54. The van der Waals surface area contributed by atoms with Crippen LogP contribution in [0.5, 0.6) is 0 Å². The molecular weight excluding hydrogens is 260 g/mol. The van der Waals surface area contributed by atoms with Crippen LogP contribution in [-0.4, -0.2) is 41.4 Å². The number of piperidine rings is 1. The zero-order valence-corrected chi connectivity index (χ0v) is 11.9. The second-order valence-electron chi connectivity index (χ2n) is 4.82. The highest BCUT2D eigenvalue weighted by Gasteiger charge is 2.23. The lowest BCUT2D eigenvalue weighted by Crippen LogP contribution is -2.38. The number of thioether (sulfide) groups is 1. The van der Waals surface area contributed by atoms with Gasteiger partial charge in [0.1, 0.15) is 11.6 Å². The SMILES string of the molecule is CC1CCN(C(=O)/C(C#N)=C\NC2=NCCS2)CC1. The zero-order chi connectivity index (χ0) is 13.7. The number of nitrogens with one attached hydrogen (secondary N) is 1. The Morgan fingerprint density at radius 2 is 2.32 bits per heavy atom. The van der Waals surface area contributed by atoms with Gasteiger partial charge in [-0.3, -0.25) is 9.79 Å². The Morgan fingerprint density at radius 3 is 2.89 bits per heavy atom. The molecule has 19 heavy (non-hydrogen) atoms. The molecule has 1 amide bonds. The number of nitriles is 1. The van der Waals surface area contributed by atoms with Crippen LogP contribution in [0.25, 0.3) is 0 Å². The van der Waals surface area contributed by atoms with Crippen molar-refractivity contribution in [3.8, 4) is 6.07 Å². The third-order valence-electron chi connectivity index (χ3n) is 3.35. The molecule has 0 saturated carbocycles. The standard InChI is InChI=1S/C13H18N4OS/c1-10-2-5-17(6-3-10)12(18)11(8-14)9-16-13-15-4-7-19-13/h9-10H,2-7H2,1H3,(H,15,16)/b11-9-. The normalized spacial score (nSPS) is 20.9. The summed E-state index contributed by atoms with van der Waals surface area (Å²) in [5, 5.41) is 12.8. The quantitative estimate of drug-likeness (QED) is 0.611. The van der Waals surface area contributed by atoms with Gasteiger partial charge in [-0.15, -0.1) is 0 Å². The van der Waals surface area contributed by atoms with Crippen molar-refractivity contribution in [3.63, 3.8) is 0 Å². The molecule has 1 saturated heterocycles. The summed E-state index contributed by atoms with van der Waals surface area (Å²) in [6.07, 6.45) is 3.51. The van der Waals surface area contributed by atoms with Gasteiger partial charge < -0.3 is 10.2 Å². The molecule has 0 spiro atoms. The van der Waals surface area contributed by atoms with Gasteiger partial charge >= 0.3 is 0 Å². The molecular formula is C13H18N4OS. The van der Waals surface area contributed by atoms with Crippen molar-refractivity contribution in [2.75, 3.05) is 25.4 Å². The van der Waals surface area contributed by atoms with Crippen molar-refractivity contribution in [1.29, 1.82) is 5.26 Å². The Hall–Kier alpha value is -1.48. The van der Waals surface area contributed by atoms with Crippen LogP contribution in [-0.2, 0) is 4.79 Å². The van der Waals surface area contributed by atoms with E-state index in [1.54, 1.807) is 16.7 Å². The van der Waals surface area contributed by atoms with Crippen LogP contribution in [0, 0.1) is 17.2 Å². The number of amidine groups is 1. The lowest BCUT2D eigenvalue weighted by molar-refractivity contribution is -0.128. The minimum absolute atomic E-state index is 0.157. The van der Waals surface area contributed by atoms with Crippen molar-refractivity contribution in [2.24, 2.45) is 10.9 Å². The molecule has 0 aromatic heterocycles. The van der Waals surface area contributed by atoms with Gasteiger partial charge in [0, 0.05) is 25.0 Å². The number of likely N-dealkylation sites (tertiary alicyclic amines) is 1. The van der Waals surface area contributed by atoms with Crippen LogP contribution in [0.15, 0.2) is 16.8 Å². The summed E-state index contributed by atoms with van der Waals surface area (Å²) < 4.78 is 0. The van der Waals surface area contributed by atoms with Gasteiger partial charge in [-0.25, -0.2) is 0 Å². The molecule has 5 nitrogen and oxygen atoms in total. The van der Waals surface area contributed by atoms with E-state index in [9.17, 15) is 4.79 Å². The highest BCUT2D eigenvalue weighted by atomic mass is 32.2. The summed E-state index contributed by atoms with van der Waals surface area (Å²) in [5.74, 6) is 1.45.